The molecule has 0 aliphatic heterocycles. The largest absolute Gasteiger partial charge is 0.467 e. The van der Waals surface area contributed by atoms with Crippen LogP contribution < -0.4 is 0 Å². The first-order valence-corrected chi connectivity index (χ1v) is 5.59. The van der Waals surface area contributed by atoms with Crippen molar-refractivity contribution < 1.29 is 13.5 Å². The zero-order valence-electron chi connectivity index (χ0n) is 8.45. The summed E-state index contributed by atoms with van der Waals surface area (Å²) in [5.74, 6) is 0.464. The highest BCUT2D eigenvalue weighted by atomic mass is 79.9. The summed E-state index contributed by atoms with van der Waals surface area (Å²) in [5.41, 5.74) is 0.537. The first-order chi connectivity index (χ1) is 7.75. The predicted molar refractivity (Wildman–Crippen MR) is 61.3 cm³/mol. The maximum absolute atomic E-state index is 13.4. The molecule has 2 aromatic rings. The summed E-state index contributed by atoms with van der Waals surface area (Å²) in [4.78, 5) is 0. The van der Waals surface area contributed by atoms with Crippen LogP contribution in [-0.4, -0.2) is 0 Å². The molecule has 0 atom stereocenters. The number of benzene rings is 1. The summed E-state index contributed by atoms with van der Waals surface area (Å²) in [5, 5.41) is 0. The van der Waals surface area contributed by atoms with E-state index >= 15 is 0 Å². The van der Waals surface area contributed by atoms with Gasteiger partial charge in [-0.1, -0.05) is 22.0 Å². The van der Waals surface area contributed by atoms with E-state index in [-0.39, 0.29) is 12.4 Å². The van der Waals surface area contributed by atoms with Crippen LogP contribution in [0.5, 0.6) is 0 Å². The van der Waals surface area contributed by atoms with E-state index in [0.29, 0.717) is 12.2 Å². The van der Waals surface area contributed by atoms with Gasteiger partial charge in [0.05, 0.1) is 12.9 Å². The standard InChI is InChI=1S/C12H10BrFO2/c13-10-4-3-9(12(14)6-10)7-15-8-11-2-1-5-16-11/h1-6H,7-8H2. The highest BCUT2D eigenvalue weighted by Crippen LogP contribution is 2.16. The second kappa shape index (κ2) is 5.27. The molecule has 16 heavy (non-hydrogen) atoms. The molecule has 2 nitrogen and oxygen atoms in total. The second-order valence-electron chi connectivity index (χ2n) is 3.31. The van der Waals surface area contributed by atoms with Gasteiger partial charge in [-0.15, -0.1) is 0 Å². The van der Waals surface area contributed by atoms with Gasteiger partial charge in [0.25, 0.3) is 0 Å². The molecule has 2 rings (SSSR count). The van der Waals surface area contributed by atoms with E-state index in [1.807, 2.05) is 6.07 Å². The maximum Gasteiger partial charge on any atom is 0.129 e. The zero-order valence-corrected chi connectivity index (χ0v) is 10.0. The van der Waals surface area contributed by atoms with Gasteiger partial charge in [-0.2, -0.15) is 0 Å². The molecule has 1 aromatic carbocycles. The van der Waals surface area contributed by atoms with Crippen LogP contribution in [0.3, 0.4) is 0 Å². The van der Waals surface area contributed by atoms with E-state index < -0.39 is 0 Å². The molecule has 0 radical (unpaired) electrons. The Labute approximate surface area is 101 Å². The van der Waals surface area contributed by atoms with Crippen LogP contribution in [0, 0.1) is 5.82 Å². The highest BCUT2D eigenvalue weighted by molar-refractivity contribution is 9.10. The lowest BCUT2D eigenvalue weighted by Gasteiger charge is -2.04. The Morgan fingerprint density at radius 2 is 2.12 bits per heavy atom. The van der Waals surface area contributed by atoms with Crippen molar-refractivity contribution in [2.24, 2.45) is 0 Å². The Balaban J connectivity index is 1.90. The first kappa shape index (κ1) is 11.4. The topological polar surface area (TPSA) is 22.4 Å². The van der Waals surface area contributed by atoms with Crippen LogP contribution in [0.2, 0.25) is 0 Å². The third-order valence-corrected chi connectivity index (χ3v) is 2.59. The smallest absolute Gasteiger partial charge is 0.129 e. The molecule has 0 spiro atoms. The van der Waals surface area contributed by atoms with Gasteiger partial charge >= 0.3 is 0 Å². The Morgan fingerprint density at radius 1 is 1.25 bits per heavy atom. The van der Waals surface area contributed by atoms with Gasteiger partial charge in [0.15, 0.2) is 0 Å². The second-order valence-corrected chi connectivity index (χ2v) is 4.22. The van der Waals surface area contributed by atoms with Crippen molar-refractivity contribution in [3.63, 3.8) is 0 Å². The molecule has 0 unspecified atom stereocenters. The minimum atomic E-state index is -0.270. The fourth-order valence-electron chi connectivity index (χ4n) is 1.30. The van der Waals surface area contributed by atoms with Gasteiger partial charge in [0, 0.05) is 10.0 Å². The minimum Gasteiger partial charge on any atom is -0.467 e. The number of rotatable bonds is 4. The molecule has 0 fully saturated rings. The third-order valence-electron chi connectivity index (χ3n) is 2.10. The van der Waals surface area contributed by atoms with Crippen LogP contribution in [0.4, 0.5) is 4.39 Å². The number of hydrogen-bond donors (Lipinski definition) is 0. The molecule has 1 heterocycles. The van der Waals surface area contributed by atoms with E-state index in [1.54, 1.807) is 24.5 Å². The fourth-order valence-corrected chi connectivity index (χ4v) is 1.63. The molecule has 4 heteroatoms. The predicted octanol–water partition coefficient (Wildman–Crippen LogP) is 3.90. The molecule has 0 aliphatic carbocycles. The molecular weight excluding hydrogens is 275 g/mol. The lowest BCUT2D eigenvalue weighted by Crippen LogP contribution is -1.96. The highest BCUT2D eigenvalue weighted by Gasteiger charge is 2.03. The number of hydrogen-bond acceptors (Lipinski definition) is 2. The van der Waals surface area contributed by atoms with E-state index in [0.717, 1.165) is 10.2 Å². The molecule has 0 N–H and O–H groups in total. The summed E-state index contributed by atoms with van der Waals surface area (Å²) < 4.78 is 24.5. The van der Waals surface area contributed by atoms with Gasteiger partial charge in [-0.3, -0.25) is 0 Å². The average Bonchev–Trinajstić information content (AvgIpc) is 2.74. The number of ether oxygens (including phenoxy) is 1. The van der Waals surface area contributed by atoms with Crippen LogP contribution in [0.15, 0.2) is 45.5 Å². The van der Waals surface area contributed by atoms with Crippen LogP contribution >= 0.6 is 15.9 Å². The monoisotopic (exact) mass is 284 g/mol. The van der Waals surface area contributed by atoms with Crippen molar-refractivity contribution in [3.05, 3.63) is 58.2 Å². The molecule has 0 amide bonds. The normalized spacial score (nSPS) is 10.6. The quantitative estimate of drug-likeness (QED) is 0.850. The number of halogens is 2. The molecule has 84 valence electrons. The average molecular weight is 285 g/mol. The van der Waals surface area contributed by atoms with Crippen molar-refractivity contribution in [2.45, 2.75) is 13.2 Å². The molecule has 1 aromatic heterocycles. The van der Waals surface area contributed by atoms with E-state index in [2.05, 4.69) is 15.9 Å². The SMILES string of the molecule is Fc1cc(Br)ccc1COCc1ccco1. The lowest BCUT2D eigenvalue weighted by molar-refractivity contribution is 0.0909. The van der Waals surface area contributed by atoms with Crippen molar-refractivity contribution in [2.75, 3.05) is 0 Å². The van der Waals surface area contributed by atoms with Crippen molar-refractivity contribution in [1.29, 1.82) is 0 Å². The first-order valence-electron chi connectivity index (χ1n) is 4.80. The van der Waals surface area contributed by atoms with Crippen LogP contribution in [0.1, 0.15) is 11.3 Å². The van der Waals surface area contributed by atoms with Crippen molar-refractivity contribution >= 4 is 15.9 Å². The molecule has 0 saturated carbocycles. The molecule has 0 bridgehead atoms. The van der Waals surface area contributed by atoms with Gasteiger partial charge in [0.2, 0.25) is 0 Å². The summed E-state index contributed by atoms with van der Waals surface area (Å²) in [6.07, 6.45) is 1.58. The lowest BCUT2D eigenvalue weighted by atomic mass is 10.2. The molecule has 0 aliphatic rings. The summed E-state index contributed by atoms with van der Waals surface area (Å²) in [6.45, 7) is 0.586. The van der Waals surface area contributed by atoms with Gasteiger partial charge in [-0.25, -0.2) is 4.39 Å². The van der Waals surface area contributed by atoms with Crippen molar-refractivity contribution in [1.82, 2.24) is 0 Å². The summed E-state index contributed by atoms with van der Waals surface area (Å²) >= 11 is 3.20. The van der Waals surface area contributed by atoms with E-state index in [9.17, 15) is 4.39 Å². The van der Waals surface area contributed by atoms with Gasteiger partial charge in [-0.05, 0) is 24.3 Å². The van der Waals surface area contributed by atoms with Gasteiger partial charge < -0.3 is 9.15 Å². The Hall–Kier alpha value is -1.13. The molecular formula is C12H10BrFO2. The summed E-state index contributed by atoms with van der Waals surface area (Å²) in [6, 6.07) is 8.51. The molecule has 0 saturated heterocycles. The van der Waals surface area contributed by atoms with Crippen LogP contribution in [0.25, 0.3) is 0 Å². The zero-order chi connectivity index (χ0) is 11.4. The van der Waals surface area contributed by atoms with Gasteiger partial charge in [0.1, 0.15) is 18.2 Å². The summed E-state index contributed by atoms with van der Waals surface area (Å²) in [7, 11) is 0. The van der Waals surface area contributed by atoms with E-state index in [1.165, 1.54) is 6.07 Å². The van der Waals surface area contributed by atoms with Crippen molar-refractivity contribution in [3.8, 4) is 0 Å². The maximum atomic E-state index is 13.4. The Morgan fingerprint density at radius 3 is 2.81 bits per heavy atom. The Bertz CT molecular complexity index is 454. The number of furan rings is 1. The minimum absolute atomic E-state index is 0.236. The third kappa shape index (κ3) is 2.93. The Kier molecular flexibility index (Phi) is 3.74. The van der Waals surface area contributed by atoms with Crippen LogP contribution in [-0.2, 0) is 18.0 Å². The fraction of sp³-hybridized carbons (Fsp3) is 0.167. The van der Waals surface area contributed by atoms with E-state index in [4.69, 9.17) is 9.15 Å².